The van der Waals surface area contributed by atoms with E-state index in [1.165, 1.54) is 10.6 Å². The van der Waals surface area contributed by atoms with Crippen LogP contribution >= 0.6 is 0 Å². The van der Waals surface area contributed by atoms with Gasteiger partial charge in [-0.3, -0.25) is 9.10 Å². The van der Waals surface area contributed by atoms with Crippen LogP contribution in [0.25, 0.3) is 0 Å². The fourth-order valence-corrected chi connectivity index (χ4v) is 3.40. The number of sulfonamides is 1. The van der Waals surface area contributed by atoms with Gasteiger partial charge in [-0.05, 0) is 43.5 Å². The Balaban J connectivity index is 2.40. The van der Waals surface area contributed by atoms with E-state index in [4.69, 9.17) is 0 Å². The summed E-state index contributed by atoms with van der Waals surface area (Å²) in [5.41, 5.74) is 2.25. The zero-order valence-electron chi connectivity index (χ0n) is 12.1. The monoisotopic (exact) mass is 296 g/mol. The van der Waals surface area contributed by atoms with E-state index in [-0.39, 0.29) is 5.91 Å². The summed E-state index contributed by atoms with van der Waals surface area (Å²) in [7, 11) is -1.50. The molecule has 1 aliphatic heterocycles. The second kappa shape index (κ2) is 5.44. The maximum absolute atomic E-state index is 12.1. The van der Waals surface area contributed by atoms with Crippen molar-refractivity contribution >= 4 is 21.6 Å². The molecule has 1 heterocycles. The van der Waals surface area contributed by atoms with Gasteiger partial charge in [-0.15, -0.1) is 0 Å². The average molecular weight is 296 g/mol. The standard InChI is InChI=1S/C14H20N2O3S/c1-4-15(2)14(17)12-7-8-13-11(10-12)6-5-9-16(13)20(3,18)19/h7-8,10H,4-6,9H2,1-3H3. The molecular formula is C14H20N2O3S. The van der Waals surface area contributed by atoms with E-state index < -0.39 is 10.0 Å². The van der Waals surface area contributed by atoms with Gasteiger partial charge < -0.3 is 4.90 Å². The number of hydrogen-bond donors (Lipinski definition) is 0. The molecule has 0 aromatic heterocycles. The lowest BCUT2D eigenvalue weighted by molar-refractivity contribution is 0.0802. The zero-order valence-corrected chi connectivity index (χ0v) is 12.9. The van der Waals surface area contributed by atoms with Gasteiger partial charge in [-0.1, -0.05) is 0 Å². The molecule has 0 aliphatic carbocycles. The number of amides is 1. The molecule has 0 spiro atoms. The summed E-state index contributed by atoms with van der Waals surface area (Å²) in [6.07, 6.45) is 2.80. The highest BCUT2D eigenvalue weighted by molar-refractivity contribution is 7.92. The van der Waals surface area contributed by atoms with E-state index >= 15 is 0 Å². The first-order chi connectivity index (χ1) is 9.34. The summed E-state index contributed by atoms with van der Waals surface area (Å²) in [5, 5.41) is 0. The number of carbonyl (C=O) groups is 1. The maximum atomic E-state index is 12.1. The third-order valence-corrected chi connectivity index (χ3v) is 4.80. The fraction of sp³-hybridized carbons (Fsp3) is 0.500. The van der Waals surface area contributed by atoms with Crippen molar-refractivity contribution < 1.29 is 13.2 Å². The van der Waals surface area contributed by atoms with Crippen molar-refractivity contribution in [3.63, 3.8) is 0 Å². The van der Waals surface area contributed by atoms with Crippen molar-refractivity contribution in [2.45, 2.75) is 19.8 Å². The molecule has 0 atom stereocenters. The Morgan fingerprint density at radius 3 is 2.70 bits per heavy atom. The first-order valence-electron chi connectivity index (χ1n) is 6.70. The summed E-state index contributed by atoms with van der Waals surface area (Å²) in [5.74, 6) is -0.0354. The van der Waals surface area contributed by atoms with Crippen LogP contribution < -0.4 is 4.31 Å². The Morgan fingerprint density at radius 2 is 2.10 bits per heavy atom. The molecule has 5 nitrogen and oxygen atoms in total. The van der Waals surface area contributed by atoms with Crippen molar-refractivity contribution in [1.29, 1.82) is 0 Å². The average Bonchev–Trinajstić information content (AvgIpc) is 2.43. The van der Waals surface area contributed by atoms with E-state index in [0.717, 1.165) is 18.4 Å². The summed E-state index contributed by atoms with van der Waals surface area (Å²) in [4.78, 5) is 13.8. The number of fused-ring (bicyclic) bond motifs is 1. The SMILES string of the molecule is CCN(C)C(=O)c1ccc2c(c1)CCCN2S(C)(=O)=O. The van der Waals surface area contributed by atoms with Crippen LogP contribution in [0.5, 0.6) is 0 Å². The van der Waals surface area contributed by atoms with E-state index in [2.05, 4.69) is 0 Å². The van der Waals surface area contributed by atoms with Gasteiger partial charge in [0.05, 0.1) is 11.9 Å². The van der Waals surface area contributed by atoms with Crippen LogP contribution in [-0.4, -0.2) is 45.6 Å². The van der Waals surface area contributed by atoms with Crippen molar-refractivity contribution in [1.82, 2.24) is 4.90 Å². The van der Waals surface area contributed by atoms with Crippen LogP contribution in [-0.2, 0) is 16.4 Å². The number of carbonyl (C=O) groups excluding carboxylic acids is 1. The molecule has 6 heteroatoms. The number of nitrogens with zero attached hydrogens (tertiary/aromatic N) is 2. The van der Waals surface area contributed by atoms with Gasteiger partial charge in [0, 0.05) is 25.7 Å². The molecule has 0 N–H and O–H groups in total. The molecule has 1 amide bonds. The molecule has 0 fully saturated rings. The number of aryl methyl sites for hydroxylation is 1. The van der Waals surface area contributed by atoms with Crippen LogP contribution in [0.3, 0.4) is 0 Å². The smallest absolute Gasteiger partial charge is 0.253 e. The van der Waals surface area contributed by atoms with Gasteiger partial charge in [0.1, 0.15) is 0 Å². The molecular weight excluding hydrogens is 276 g/mol. The molecule has 0 saturated carbocycles. The Morgan fingerprint density at radius 1 is 1.40 bits per heavy atom. The highest BCUT2D eigenvalue weighted by Crippen LogP contribution is 2.30. The van der Waals surface area contributed by atoms with Crippen molar-refractivity contribution in [3.8, 4) is 0 Å². The van der Waals surface area contributed by atoms with Crippen molar-refractivity contribution in [2.24, 2.45) is 0 Å². The van der Waals surface area contributed by atoms with E-state index in [9.17, 15) is 13.2 Å². The summed E-state index contributed by atoms with van der Waals surface area (Å²) >= 11 is 0. The number of hydrogen-bond acceptors (Lipinski definition) is 3. The second-order valence-corrected chi connectivity index (χ2v) is 7.01. The van der Waals surface area contributed by atoms with Gasteiger partial charge in [-0.25, -0.2) is 8.42 Å². The lowest BCUT2D eigenvalue weighted by atomic mass is 10.0. The quantitative estimate of drug-likeness (QED) is 0.849. The van der Waals surface area contributed by atoms with Crippen LogP contribution in [0.2, 0.25) is 0 Å². The van der Waals surface area contributed by atoms with Crippen molar-refractivity contribution in [3.05, 3.63) is 29.3 Å². The van der Waals surface area contributed by atoms with Crippen LogP contribution in [0.15, 0.2) is 18.2 Å². The van der Waals surface area contributed by atoms with Crippen molar-refractivity contribution in [2.75, 3.05) is 30.7 Å². The molecule has 0 radical (unpaired) electrons. The minimum atomic E-state index is -3.26. The highest BCUT2D eigenvalue weighted by Gasteiger charge is 2.24. The summed E-state index contributed by atoms with van der Waals surface area (Å²) in [6.45, 7) is 3.07. The third kappa shape index (κ3) is 2.80. The molecule has 1 aromatic rings. The van der Waals surface area contributed by atoms with E-state index in [1.54, 1.807) is 24.1 Å². The normalized spacial score (nSPS) is 14.8. The maximum Gasteiger partial charge on any atom is 0.253 e. The highest BCUT2D eigenvalue weighted by atomic mass is 32.2. The van der Waals surface area contributed by atoms with E-state index in [0.29, 0.717) is 24.3 Å². The Hall–Kier alpha value is -1.56. The molecule has 1 aromatic carbocycles. The second-order valence-electron chi connectivity index (χ2n) is 5.10. The molecule has 0 bridgehead atoms. The number of rotatable bonds is 3. The Bertz CT molecular complexity index is 625. The van der Waals surface area contributed by atoms with Gasteiger partial charge in [0.2, 0.25) is 10.0 Å². The lowest BCUT2D eigenvalue weighted by Gasteiger charge is -2.29. The van der Waals surface area contributed by atoms with Crippen LogP contribution in [0.1, 0.15) is 29.3 Å². The molecule has 20 heavy (non-hydrogen) atoms. The van der Waals surface area contributed by atoms with Gasteiger partial charge in [0.25, 0.3) is 5.91 Å². The molecule has 110 valence electrons. The van der Waals surface area contributed by atoms with Gasteiger partial charge >= 0.3 is 0 Å². The number of anilines is 1. The predicted octanol–water partition coefficient (Wildman–Crippen LogP) is 1.49. The minimum Gasteiger partial charge on any atom is -0.342 e. The molecule has 0 saturated heterocycles. The zero-order chi connectivity index (χ0) is 14.9. The fourth-order valence-electron chi connectivity index (χ4n) is 2.40. The predicted molar refractivity (Wildman–Crippen MR) is 79.6 cm³/mol. The minimum absolute atomic E-state index is 0.0354. The summed E-state index contributed by atoms with van der Waals surface area (Å²) < 4.78 is 25.0. The van der Waals surface area contributed by atoms with Crippen LogP contribution in [0, 0.1) is 0 Å². The topological polar surface area (TPSA) is 57.7 Å². The lowest BCUT2D eigenvalue weighted by Crippen LogP contribution is -2.35. The van der Waals surface area contributed by atoms with Crippen LogP contribution in [0.4, 0.5) is 5.69 Å². The first kappa shape index (κ1) is 14.8. The number of benzene rings is 1. The largest absolute Gasteiger partial charge is 0.342 e. The van der Waals surface area contributed by atoms with Gasteiger partial charge in [0.15, 0.2) is 0 Å². The Kier molecular flexibility index (Phi) is 4.04. The summed E-state index contributed by atoms with van der Waals surface area (Å²) in [6, 6.07) is 5.27. The molecule has 1 aliphatic rings. The van der Waals surface area contributed by atoms with E-state index in [1.807, 2.05) is 13.0 Å². The van der Waals surface area contributed by atoms with Gasteiger partial charge in [-0.2, -0.15) is 0 Å². The third-order valence-electron chi connectivity index (χ3n) is 3.62. The molecule has 0 unspecified atom stereocenters. The first-order valence-corrected chi connectivity index (χ1v) is 8.55. The molecule has 2 rings (SSSR count). The Labute approximate surface area is 120 Å².